The SMILES string of the molecule is CNCC1(CN(C)CCCOC)CCOC1. The van der Waals surface area contributed by atoms with E-state index in [1.165, 1.54) is 6.42 Å². The number of methoxy groups -OCH3 is 1. The van der Waals surface area contributed by atoms with Gasteiger partial charge in [0.15, 0.2) is 0 Å². The van der Waals surface area contributed by atoms with Crippen LogP contribution in [0.15, 0.2) is 0 Å². The van der Waals surface area contributed by atoms with E-state index < -0.39 is 0 Å². The van der Waals surface area contributed by atoms with Gasteiger partial charge < -0.3 is 19.7 Å². The van der Waals surface area contributed by atoms with Gasteiger partial charge in [-0.1, -0.05) is 0 Å². The molecule has 1 saturated heterocycles. The van der Waals surface area contributed by atoms with E-state index in [2.05, 4.69) is 17.3 Å². The molecule has 0 radical (unpaired) electrons. The van der Waals surface area contributed by atoms with Gasteiger partial charge in [0.1, 0.15) is 0 Å². The summed E-state index contributed by atoms with van der Waals surface area (Å²) < 4.78 is 10.6. The standard InChI is InChI=1S/C12H26N2O2/c1-13-9-12(5-8-16-11-12)10-14(2)6-4-7-15-3/h13H,4-11H2,1-3H3. The number of rotatable bonds is 8. The molecular weight excluding hydrogens is 204 g/mol. The van der Waals surface area contributed by atoms with Crippen LogP contribution in [0.3, 0.4) is 0 Å². The van der Waals surface area contributed by atoms with Crippen molar-refractivity contribution in [1.29, 1.82) is 0 Å². The molecule has 1 atom stereocenters. The first-order valence-electron chi connectivity index (χ1n) is 6.12. The third kappa shape index (κ3) is 4.37. The van der Waals surface area contributed by atoms with Crippen molar-refractivity contribution < 1.29 is 9.47 Å². The van der Waals surface area contributed by atoms with Crippen molar-refractivity contribution in [1.82, 2.24) is 10.2 Å². The molecule has 0 aromatic rings. The van der Waals surface area contributed by atoms with E-state index in [0.717, 1.165) is 45.9 Å². The van der Waals surface area contributed by atoms with E-state index in [9.17, 15) is 0 Å². The Hall–Kier alpha value is -0.160. The molecule has 16 heavy (non-hydrogen) atoms. The summed E-state index contributed by atoms with van der Waals surface area (Å²) in [4.78, 5) is 2.39. The molecule has 1 unspecified atom stereocenters. The lowest BCUT2D eigenvalue weighted by Gasteiger charge is -2.32. The third-order valence-corrected chi connectivity index (χ3v) is 3.23. The summed E-state index contributed by atoms with van der Waals surface area (Å²) in [5.41, 5.74) is 0.316. The molecule has 0 aromatic carbocycles. The zero-order valence-corrected chi connectivity index (χ0v) is 10.9. The third-order valence-electron chi connectivity index (χ3n) is 3.23. The van der Waals surface area contributed by atoms with E-state index in [1.807, 2.05) is 7.05 Å². The first kappa shape index (κ1) is 13.9. The lowest BCUT2D eigenvalue weighted by molar-refractivity contribution is 0.113. The Morgan fingerprint density at radius 1 is 1.50 bits per heavy atom. The number of nitrogens with zero attached hydrogens (tertiary/aromatic N) is 1. The summed E-state index contributed by atoms with van der Waals surface area (Å²) in [6.45, 7) is 5.90. The summed E-state index contributed by atoms with van der Waals surface area (Å²) in [5, 5.41) is 3.29. The minimum Gasteiger partial charge on any atom is -0.385 e. The number of hydrogen-bond acceptors (Lipinski definition) is 4. The second kappa shape index (κ2) is 7.22. The Labute approximate surface area is 99.3 Å². The highest BCUT2D eigenvalue weighted by Crippen LogP contribution is 2.28. The Kier molecular flexibility index (Phi) is 6.28. The molecule has 1 heterocycles. The molecule has 0 aromatic heterocycles. The van der Waals surface area contributed by atoms with Gasteiger partial charge in [-0.3, -0.25) is 0 Å². The van der Waals surface area contributed by atoms with Gasteiger partial charge in [0, 0.05) is 45.4 Å². The van der Waals surface area contributed by atoms with Gasteiger partial charge in [-0.25, -0.2) is 0 Å². The lowest BCUT2D eigenvalue weighted by Crippen LogP contribution is -2.43. The van der Waals surface area contributed by atoms with Crippen LogP contribution in [0.2, 0.25) is 0 Å². The van der Waals surface area contributed by atoms with Crippen molar-refractivity contribution in [3.63, 3.8) is 0 Å². The first-order valence-corrected chi connectivity index (χ1v) is 6.12. The molecular formula is C12H26N2O2. The monoisotopic (exact) mass is 230 g/mol. The molecule has 1 aliphatic heterocycles. The molecule has 0 amide bonds. The Balaban J connectivity index is 2.30. The summed E-state index contributed by atoms with van der Waals surface area (Å²) in [6, 6.07) is 0. The number of ether oxygens (including phenoxy) is 2. The van der Waals surface area contributed by atoms with Crippen LogP contribution in [0, 0.1) is 5.41 Å². The summed E-state index contributed by atoms with van der Waals surface area (Å²) in [6.07, 6.45) is 2.27. The molecule has 4 heteroatoms. The van der Waals surface area contributed by atoms with E-state index in [4.69, 9.17) is 9.47 Å². The highest BCUT2D eigenvalue weighted by molar-refractivity contribution is 4.87. The maximum absolute atomic E-state index is 5.55. The minimum atomic E-state index is 0.316. The average molecular weight is 230 g/mol. The van der Waals surface area contributed by atoms with Crippen molar-refractivity contribution in [2.75, 3.05) is 60.7 Å². The van der Waals surface area contributed by atoms with Gasteiger partial charge in [-0.15, -0.1) is 0 Å². The highest BCUT2D eigenvalue weighted by atomic mass is 16.5. The second-order valence-corrected chi connectivity index (χ2v) is 4.92. The van der Waals surface area contributed by atoms with Gasteiger partial charge in [0.2, 0.25) is 0 Å². The summed E-state index contributed by atoms with van der Waals surface area (Å²) in [7, 11) is 5.96. The van der Waals surface area contributed by atoms with Crippen LogP contribution in [0.4, 0.5) is 0 Å². The Morgan fingerprint density at radius 2 is 2.31 bits per heavy atom. The number of hydrogen-bond donors (Lipinski definition) is 1. The highest BCUT2D eigenvalue weighted by Gasteiger charge is 2.35. The minimum absolute atomic E-state index is 0.316. The van der Waals surface area contributed by atoms with E-state index in [1.54, 1.807) is 7.11 Å². The molecule has 0 bridgehead atoms. The zero-order valence-electron chi connectivity index (χ0n) is 10.9. The molecule has 0 spiro atoms. The van der Waals surface area contributed by atoms with Crippen molar-refractivity contribution >= 4 is 0 Å². The molecule has 0 aliphatic carbocycles. The largest absolute Gasteiger partial charge is 0.385 e. The quantitative estimate of drug-likeness (QED) is 0.619. The predicted molar refractivity (Wildman–Crippen MR) is 65.8 cm³/mol. The Morgan fingerprint density at radius 3 is 2.88 bits per heavy atom. The fourth-order valence-corrected chi connectivity index (χ4v) is 2.47. The topological polar surface area (TPSA) is 33.7 Å². The van der Waals surface area contributed by atoms with E-state index >= 15 is 0 Å². The average Bonchev–Trinajstić information content (AvgIpc) is 2.67. The van der Waals surface area contributed by atoms with Crippen LogP contribution >= 0.6 is 0 Å². The maximum Gasteiger partial charge on any atom is 0.0547 e. The molecule has 1 rings (SSSR count). The first-order chi connectivity index (χ1) is 7.72. The van der Waals surface area contributed by atoms with Crippen LogP contribution in [0.25, 0.3) is 0 Å². The van der Waals surface area contributed by atoms with E-state index in [0.29, 0.717) is 5.41 Å². The normalized spacial score (nSPS) is 25.5. The maximum atomic E-state index is 5.55. The molecule has 1 aliphatic rings. The summed E-state index contributed by atoms with van der Waals surface area (Å²) in [5.74, 6) is 0. The Bertz CT molecular complexity index is 182. The lowest BCUT2D eigenvalue weighted by atomic mass is 9.86. The van der Waals surface area contributed by atoms with Gasteiger partial charge in [-0.05, 0) is 26.9 Å². The predicted octanol–water partition coefficient (Wildman–Crippen LogP) is 0.581. The molecule has 96 valence electrons. The molecule has 1 fully saturated rings. The van der Waals surface area contributed by atoms with Crippen molar-refractivity contribution in [2.24, 2.45) is 5.41 Å². The number of nitrogens with one attached hydrogen (secondary N) is 1. The fraction of sp³-hybridized carbons (Fsp3) is 1.00. The van der Waals surface area contributed by atoms with E-state index in [-0.39, 0.29) is 0 Å². The molecule has 4 nitrogen and oxygen atoms in total. The fourth-order valence-electron chi connectivity index (χ4n) is 2.47. The van der Waals surface area contributed by atoms with Gasteiger partial charge in [-0.2, -0.15) is 0 Å². The van der Waals surface area contributed by atoms with Crippen LogP contribution in [-0.2, 0) is 9.47 Å². The van der Waals surface area contributed by atoms with Gasteiger partial charge >= 0.3 is 0 Å². The second-order valence-electron chi connectivity index (χ2n) is 4.92. The zero-order chi connectivity index (χ0) is 11.9. The molecule has 0 saturated carbocycles. The van der Waals surface area contributed by atoms with Crippen LogP contribution in [0.5, 0.6) is 0 Å². The molecule has 1 N–H and O–H groups in total. The summed E-state index contributed by atoms with van der Waals surface area (Å²) >= 11 is 0. The van der Waals surface area contributed by atoms with Gasteiger partial charge in [0.25, 0.3) is 0 Å². The van der Waals surface area contributed by atoms with Crippen molar-refractivity contribution in [3.05, 3.63) is 0 Å². The van der Waals surface area contributed by atoms with Gasteiger partial charge in [0.05, 0.1) is 6.61 Å². The van der Waals surface area contributed by atoms with Crippen molar-refractivity contribution in [3.8, 4) is 0 Å². The van der Waals surface area contributed by atoms with Crippen LogP contribution < -0.4 is 5.32 Å². The smallest absolute Gasteiger partial charge is 0.0547 e. The van der Waals surface area contributed by atoms with Crippen LogP contribution in [0.1, 0.15) is 12.8 Å². The van der Waals surface area contributed by atoms with Crippen LogP contribution in [-0.4, -0.2) is 65.6 Å². The van der Waals surface area contributed by atoms with Crippen molar-refractivity contribution in [2.45, 2.75) is 12.8 Å².